The van der Waals surface area contributed by atoms with Crippen LogP contribution in [0.5, 0.6) is 11.5 Å². The molecule has 162 valence electrons. The number of hydrogen-bond acceptors (Lipinski definition) is 7. The number of carboxylic acid groups (broad SMARTS) is 1. The summed E-state index contributed by atoms with van der Waals surface area (Å²) < 4.78 is 10.8. The average Bonchev–Trinajstić information content (AvgIpc) is 2.77. The third-order valence-corrected chi connectivity index (χ3v) is 4.58. The van der Waals surface area contributed by atoms with Crippen LogP contribution in [0.1, 0.15) is 17.2 Å². The SMILES string of the molecule is COc1cc(-c2cccnc2)c(C(Nc2ccc(C(=N)N)cc2)C(=O)[O-])cc1OC.Cl. The van der Waals surface area contributed by atoms with Crippen molar-refractivity contribution in [3.8, 4) is 22.6 Å². The highest BCUT2D eigenvalue weighted by Gasteiger charge is 2.21. The molecule has 8 nitrogen and oxygen atoms in total. The van der Waals surface area contributed by atoms with Crippen molar-refractivity contribution in [3.05, 3.63) is 72.1 Å². The summed E-state index contributed by atoms with van der Waals surface area (Å²) in [6, 6.07) is 12.3. The number of aliphatic carboxylic acids is 1. The normalized spacial score (nSPS) is 11.0. The monoisotopic (exact) mass is 441 g/mol. The maximum atomic E-state index is 12.1. The molecule has 0 aliphatic carbocycles. The number of nitrogens with zero attached hydrogens (tertiary/aromatic N) is 1. The Kier molecular flexibility index (Phi) is 7.81. The van der Waals surface area contributed by atoms with Gasteiger partial charge in [-0.15, -0.1) is 12.4 Å². The number of carboxylic acids is 1. The van der Waals surface area contributed by atoms with Gasteiger partial charge in [-0.05, 0) is 53.6 Å². The van der Waals surface area contributed by atoms with Crippen LogP contribution in [0.15, 0.2) is 60.9 Å². The maximum Gasteiger partial charge on any atom is 0.161 e. The van der Waals surface area contributed by atoms with E-state index in [1.807, 2.05) is 6.07 Å². The van der Waals surface area contributed by atoms with Gasteiger partial charge in [0.15, 0.2) is 11.5 Å². The van der Waals surface area contributed by atoms with Gasteiger partial charge in [0, 0.05) is 29.2 Å². The maximum absolute atomic E-state index is 12.1. The first-order valence-corrected chi connectivity index (χ1v) is 9.02. The van der Waals surface area contributed by atoms with E-state index in [1.165, 1.54) is 14.2 Å². The molecule has 1 atom stereocenters. The van der Waals surface area contributed by atoms with Gasteiger partial charge in [0.2, 0.25) is 0 Å². The van der Waals surface area contributed by atoms with Crippen LogP contribution in [0.4, 0.5) is 5.69 Å². The van der Waals surface area contributed by atoms with Gasteiger partial charge in [0.25, 0.3) is 0 Å². The predicted octanol–water partition coefficient (Wildman–Crippen LogP) is 2.37. The first kappa shape index (κ1) is 23.5. The molecule has 0 spiro atoms. The molecule has 0 bridgehead atoms. The predicted molar refractivity (Wildman–Crippen MR) is 119 cm³/mol. The van der Waals surface area contributed by atoms with Crippen molar-refractivity contribution in [1.82, 2.24) is 4.98 Å². The van der Waals surface area contributed by atoms with Crippen LogP contribution in [-0.4, -0.2) is 31.0 Å². The topological polar surface area (TPSA) is 133 Å². The minimum atomic E-state index is -1.32. The molecule has 1 heterocycles. The number of halogens is 1. The summed E-state index contributed by atoms with van der Waals surface area (Å²) in [5.74, 6) is -0.539. The summed E-state index contributed by atoms with van der Waals surface area (Å²) in [7, 11) is 2.99. The zero-order valence-electron chi connectivity index (χ0n) is 16.9. The Hall–Kier alpha value is -3.78. The number of rotatable bonds is 8. The van der Waals surface area contributed by atoms with E-state index in [0.717, 1.165) is 0 Å². The van der Waals surface area contributed by atoms with Gasteiger partial charge in [-0.2, -0.15) is 0 Å². The number of carbonyl (C=O) groups excluding carboxylic acids is 1. The zero-order valence-corrected chi connectivity index (χ0v) is 17.7. The van der Waals surface area contributed by atoms with Crippen molar-refractivity contribution >= 4 is 29.9 Å². The number of methoxy groups -OCH3 is 2. The lowest BCUT2D eigenvalue weighted by atomic mass is 9.94. The molecule has 1 unspecified atom stereocenters. The Morgan fingerprint density at radius 2 is 1.77 bits per heavy atom. The third kappa shape index (κ3) is 5.23. The van der Waals surface area contributed by atoms with Crippen molar-refractivity contribution in [3.63, 3.8) is 0 Å². The quantitative estimate of drug-likeness (QED) is 0.361. The fraction of sp³-hybridized carbons (Fsp3) is 0.136. The molecule has 0 saturated heterocycles. The van der Waals surface area contributed by atoms with Crippen molar-refractivity contribution < 1.29 is 19.4 Å². The first-order chi connectivity index (χ1) is 14.4. The van der Waals surface area contributed by atoms with Gasteiger partial charge in [-0.3, -0.25) is 10.4 Å². The molecule has 3 rings (SSSR count). The van der Waals surface area contributed by atoms with Crippen molar-refractivity contribution in [2.45, 2.75) is 6.04 Å². The van der Waals surface area contributed by atoms with E-state index >= 15 is 0 Å². The number of pyridine rings is 1. The van der Waals surface area contributed by atoms with Gasteiger partial charge in [0.05, 0.1) is 26.2 Å². The highest BCUT2D eigenvalue weighted by Crippen LogP contribution is 2.39. The molecule has 0 aliphatic heterocycles. The van der Waals surface area contributed by atoms with E-state index in [9.17, 15) is 9.90 Å². The Labute approximate surface area is 186 Å². The molecule has 0 fully saturated rings. The van der Waals surface area contributed by atoms with E-state index in [-0.39, 0.29) is 18.2 Å². The molecule has 0 aliphatic rings. The Morgan fingerprint density at radius 3 is 2.29 bits per heavy atom. The van der Waals surface area contributed by atoms with Gasteiger partial charge in [-0.1, -0.05) is 6.07 Å². The van der Waals surface area contributed by atoms with Gasteiger partial charge >= 0.3 is 0 Å². The lowest BCUT2D eigenvalue weighted by Crippen LogP contribution is -2.34. The molecule has 3 aromatic rings. The molecule has 0 radical (unpaired) electrons. The number of carbonyl (C=O) groups is 1. The molecule has 2 aromatic carbocycles. The van der Waals surface area contributed by atoms with Crippen LogP contribution < -0.4 is 25.6 Å². The van der Waals surface area contributed by atoms with Crippen LogP contribution in [0.2, 0.25) is 0 Å². The lowest BCUT2D eigenvalue weighted by Gasteiger charge is -2.25. The summed E-state index contributed by atoms with van der Waals surface area (Å²) in [5.41, 5.74) is 8.30. The van der Waals surface area contributed by atoms with Crippen molar-refractivity contribution in [2.75, 3.05) is 19.5 Å². The molecule has 0 saturated carbocycles. The Morgan fingerprint density at radius 1 is 1.13 bits per heavy atom. The fourth-order valence-corrected chi connectivity index (χ4v) is 3.08. The van der Waals surface area contributed by atoms with E-state index < -0.39 is 12.0 Å². The number of nitrogens with one attached hydrogen (secondary N) is 2. The molecule has 0 amide bonds. The summed E-state index contributed by atoms with van der Waals surface area (Å²) >= 11 is 0. The highest BCUT2D eigenvalue weighted by atomic mass is 35.5. The highest BCUT2D eigenvalue weighted by molar-refractivity contribution is 5.95. The van der Waals surface area contributed by atoms with Gasteiger partial charge in [0.1, 0.15) is 5.84 Å². The summed E-state index contributed by atoms with van der Waals surface area (Å²) in [4.78, 5) is 16.2. The number of hydrogen-bond donors (Lipinski definition) is 3. The van der Waals surface area contributed by atoms with Crippen molar-refractivity contribution in [2.24, 2.45) is 5.73 Å². The average molecular weight is 442 g/mol. The van der Waals surface area contributed by atoms with E-state index in [1.54, 1.807) is 54.9 Å². The molecular formula is C22H22ClN4O4-. The van der Waals surface area contributed by atoms with Crippen LogP contribution in [0.25, 0.3) is 11.1 Å². The lowest BCUT2D eigenvalue weighted by molar-refractivity contribution is -0.307. The summed E-state index contributed by atoms with van der Waals surface area (Å²) in [5, 5.41) is 22.5. The Bertz CT molecular complexity index is 1060. The number of amidine groups is 1. The molecule has 4 N–H and O–H groups in total. The minimum Gasteiger partial charge on any atom is -0.548 e. The largest absolute Gasteiger partial charge is 0.548 e. The molecular weight excluding hydrogens is 420 g/mol. The fourth-order valence-electron chi connectivity index (χ4n) is 3.08. The van der Waals surface area contributed by atoms with E-state index in [2.05, 4.69) is 10.3 Å². The standard InChI is InChI=1S/C22H22N4O4.ClH/c1-29-18-10-16(14-4-3-9-25-12-14)17(11-19(18)30-2)20(22(27)28)26-15-7-5-13(6-8-15)21(23)24;/h3-12,20,26H,1-2H3,(H3,23,24)(H,27,28);1H/p-1. The van der Waals surface area contributed by atoms with Crippen LogP contribution in [-0.2, 0) is 4.79 Å². The van der Waals surface area contributed by atoms with Crippen molar-refractivity contribution in [1.29, 1.82) is 5.41 Å². The summed E-state index contributed by atoms with van der Waals surface area (Å²) in [6.45, 7) is 0. The number of benzene rings is 2. The van der Waals surface area contributed by atoms with Crippen LogP contribution >= 0.6 is 12.4 Å². The minimum absolute atomic E-state index is 0. The van der Waals surface area contributed by atoms with E-state index in [4.69, 9.17) is 20.6 Å². The third-order valence-electron chi connectivity index (χ3n) is 4.58. The summed E-state index contributed by atoms with van der Waals surface area (Å²) in [6.07, 6.45) is 3.27. The van der Waals surface area contributed by atoms with Gasteiger partial charge < -0.3 is 30.4 Å². The second kappa shape index (κ2) is 10.3. The number of ether oxygens (including phenoxy) is 2. The molecule has 31 heavy (non-hydrogen) atoms. The molecule has 1 aromatic heterocycles. The number of nitrogens with two attached hydrogens (primary N) is 1. The van der Waals surface area contributed by atoms with Crippen LogP contribution in [0.3, 0.4) is 0 Å². The van der Waals surface area contributed by atoms with Gasteiger partial charge in [-0.25, -0.2) is 0 Å². The second-order valence-electron chi connectivity index (χ2n) is 6.42. The molecule has 9 heteroatoms. The number of nitrogen functional groups attached to an aromatic ring is 1. The van der Waals surface area contributed by atoms with Crippen LogP contribution in [0, 0.1) is 5.41 Å². The smallest absolute Gasteiger partial charge is 0.161 e. The zero-order chi connectivity index (χ0) is 21.7. The number of aromatic nitrogens is 1. The number of anilines is 1. The Balaban J connectivity index is 0.00000341. The first-order valence-electron chi connectivity index (χ1n) is 9.02. The van der Waals surface area contributed by atoms with E-state index in [0.29, 0.717) is 39.4 Å². The second-order valence-corrected chi connectivity index (χ2v) is 6.42.